The Morgan fingerprint density at radius 2 is 2.06 bits per heavy atom. The van der Waals surface area contributed by atoms with Crippen molar-refractivity contribution in [1.29, 1.82) is 0 Å². The molecule has 0 bridgehead atoms. The van der Waals surface area contributed by atoms with Gasteiger partial charge in [-0.1, -0.05) is 20.8 Å². The van der Waals surface area contributed by atoms with Gasteiger partial charge >= 0.3 is 0 Å². The Morgan fingerprint density at radius 3 is 2.76 bits per heavy atom. The lowest BCUT2D eigenvalue weighted by Gasteiger charge is -2.18. The molecule has 0 aliphatic carbocycles. The van der Waals surface area contributed by atoms with Gasteiger partial charge in [0.25, 0.3) is 0 Å². The highest BCUT2D eigenvalue weighted by molar-refractivity contribution is 7.18. The molecule has 0 atom stereocenters. The second kappa shape index (κ2) is 4.61. The van der Waals surface area contributed by atoms with Crippen molar-refractivity contribution in [1.82, 2.24) is 9.97 Å². The lowest BCUT2D eigenvalue weighted by atomic mass is 9.92. The second-order valence-corrected chi connectivity index (χ2v) is 6.44. The first-order valence-electron chi connectivity index (χ1n) is 5.90. The number of rotatable bonds is 3. The van der Waals surface area contributed by atoms with Gasteiger partial charge < -0.3 is 5.32 Å². The Labute approximate surface area is 106 Å². The molecule has 92 valence electrons. The fourth-order valence-corrected chi connectivity index (χ4v) is 2.62. The average molecular weight is 249 g/mol. The molecular formula is C13H19N3S. The van der Waals surface area contributed by atoms with E-state index in [0.29, 0.717) is 5.41 Å². The molecule has 0 unspecified atom stereocenters. The maximum Gasteiger partial charge on any atom is 0.147 e. The molecule has 0 aromatic carbocycles. The first kappa shape index (κ1) is 12.3. The number of hydrogen-bond donors (Lipinski definition) is 1. The summed E-state index contributed by atoms with van der Waals surface area (Å²) in [6.45, 7) is 9.79. The van der Waals surface area contributed by atoms with Crippen molar-refractivity contribution in [3.63, 3.8) is 0 Å². The van der Waals surface area contributed by atoms with Gasteiger partial charge in [-0.05, 0) is 29.7 Å². The molecule has 1 N–H and O–H groups in total. The Bertz CT molecular complexity index is 511. The van der Waals surface area contributed by atoms with Gasteiger partial charge in [0.05, 0.1) is 10.2 Å². The highest BCUT2D eigenvalue weighted by Crippen LogP contribution is 2.28. The predicted molar refractivity (Wildman–Crippen MR) is 74.7 cm³/mol. The third kappa shape index (κ3) is 2.94. The SMILES string of the molecule is Cc1csc2c(NCCC(C)(C)C)ncnc12. The number of nitrogens with zero attached hydrogens (tertiary/aromatic N) is 2. The fourth-order valence-electron chi connectivity index (χ4n) is 1.65. The quantitative estimate of drug-likeness (QED) is 0.898. The smallest absolute Gasteiger partial charge is 0.147 e. The van der Waals surface area contributed by atoms with E-state index in [2.05, 4.69) is 48.4 Å². The van der Waals surface area contributed by atoms with Crippen LogP contribution in [0.2, 0.25) is 0 Å². The number of anilines is 1. The van der Waals surface area contributed by atoms with Crippen LogP contribution in [0.1, 0.15) is 32.8 Å². The van der Waals surface area contributed by atoms with Gasteiger partial charge in [0.1, 0.15) is 12.1 Å². The van der Waals surface area contributed by atoms with Crippen molar-refractivity contribution in [3.8, 4) is 0 Å². The second-order valence-electron chi connectivity index (χ2n) is 5.56. The van der Waals surface area contributed by atoms with Gasteiger partial charge in [-0.2, -0.15) is 0 Å². The molecule has 0 saturated carbocycles. The van der Waals surface area contributed by atoms with Gasteiger partial charge in [-0.15, -0.1) is 11.3 Å². The number of fused-ring (bicyclic) bond motifs is 1. The van der Waals surface area contributed by atoms with Gasteiger partial charge in [-0.25, -0.2) is 9.97 Å². The number of hydrogen-bond acceptors (Lipinski definition) is 4. The summed E-state index contributed by atoms with van der Waals surface area (Å²) >= 11 is 1.71. The van der Waals surface area contributed by atoms with Crippen molar-refractivity contribution < 1.29 is 0 Å². The molecule has 0 radical (unpaired) electrons. The zero-order valence-electron chi connectivity index (χ0n) is 10.9. The van der Waals surface area contributed by atoms with Crippen molar-refractivity contribution in [2.75, 3.05) is 11.9 Å². The summed E-state index contributed by atoms with van der Waals surface area (Å²) in [4.78, 5) is 8.65. The molecule has 2 heterocycles. The Balaban J connectivity index is 2.14. The van der Waals surface area contributed by atoms with E-state index >= 15 is 0 Å². The summed E-state index contributed by atoms with van der Waals surface area (Å²) in [5.41, 5.74) is 2.65. The number of aryl methyl sites for hydroxylation is 1. The molecule has 0 amide bonds. The maximum absolute atomic E-state index is 4.33. The first-order chi connectivity index (χ1) is 7.97. The van der Waals surface area contributed by atoms with E-state index < -0.39 is 0 Å². The molecule has 4 heteroatoms. The highest BCUT2D eigenvalue weighted by Gasteiger charge is 2.11. The summed E-state index contributed by atoms with van der Waals surface area (Å²) in [6.07, 6.45) is 2.77. The molecular weight excluding hydrogens is 230 g/mol. The summed E-state index contributed by atoms with van der Waals surface area (Å²) in [5.74, 6) is 0.970. The number of thiophene rings is 1. The number of aromatic nitrogens is 2. The predicted octanol–water partition coefficient (Wildman–Crippen LogP) is 3.85. The summed E-state index contributed by atoms with van der Waals surface area (Å²) in [6, 6.07) is 0. The Hall–Kier alpha value is -1.16. The number of nitrogens with one attached hydrogen (secondary N) is 1. The molecule has 0 spiro atoms. The van der Waals surface area contributed by atoms with Gasteiger partial charge in [0.15, 0.2) is 0 Å². The van der Waals surface area contributed by atoms with Crippen LogP contribution >= 0.6 is 11.3 Å². The molecule has 3 nitrogen and oxygen atoms in total. The van der Waals surface area contributed by atoms with E-state index in [1.54, 1.807) is 17.7 Å². The zero-order valence-corrected chi connectivity index (χ0v) is 11.7. The van der Waals surface area contributed by atoms with Crippen molar-refractivity contribution >= 4 is 27.4 Å². The Kier molecular flexibility index (Phi) is 3.33. The molecule has 2 aromatic heterocycles. The molecule has 2 aromatic rings. The van der Waals surface area contributed by atoms with Crippen LogP contribution < -0.4 is 5.32 Å². The topological polar surface area (TPSA) is 37.8 Å². The van der Waals surface area contributed by atoms with Crippen LogP contribution in [0.25, 0.3) is 10.2 Å². The van der Waals surface area contributed by atoms with Gasteiger partial charge in [0, 0.05) is 6.54 Å². The van der Waals surface area contributed by atoms with Crippen molar-refractivity contribution in [2.24, 2.45) is 5.41 Å². The van der Waals surface area contributed by atoms with E-state index in [4.69, 9.17) is 0 Å². The Morgan fingerprint density at radius 1 is 1.29 bits per heavy atom. The van der Waals surface area contributed by atoms with Crippen LogP contribution in [0.5, 0.6) is 0 Å². The lowest BCUT2D eigenvalue weighted by Crippen LogP contribution is -2.13. The first-order valence-corrected chi connectivity index (χ1v) is 6.78. The molecule has 2 rings (SSSR count). The summed E-state index contributed by atoms with van der Waals surface area (Å²) in [7, 11) is 0. The van der Waals surface area contributed by atoms with Crippen LogP contribution in [0.4, 0.5) is 5.82 Å². The van der Waals surface area contributed by atoms with Crippen molar-refractivity contribution in [2.45, 2.75) is 34.1 Å². The van der Waals surface area contributed by atoms with Crippen LogP contribution in [-0.4, -0.2) is 16.5 Å². The third-order valence-electron chi connectivity index (χ3n) is 2.70. The standard InChI is InChI=1S/C13H19N3S/c1-9-7-17-11-10(9)15-8-16-12(11)14-6-5-13(2,3)4/h7-8H,5-6H2,1-4H3,(H,14,15,16). The van der Waals surface area contributed by atoms with E-state index in [1.165, 1.54) is 10.3 Å². The van der Waals surface area contributed by atoms with E-state index in [0.717, 1.165) is 24.3 Å². The van der Waals surface area contributed by atoms with Crippen molar-refractivity contribution in [3.05, 3.63) is 17.3 Å². The van der Waals surface area contributed by atoms with Crippen LogP contribution in [0.3, 0.4) is 0 Å². The van der Waals surface area contributed by atoms with Gasteiger partial charge in [0.2, 0.25) is 0 Å². The monoisotopic (exact) mass is 249 g/mol. The minimum atomic E-state index is 0.352. The molecule has 0 fully saturated rings. The third-order valence-corrected chi connectivity index (χ3v) is 3.79. The van der Waals surface area contributed by atoms with E-state index in [9.17, 15) is 0 Å². The van der Waals surface area contributed by atoms with Crippen LogP contribution in [-0.2, 0) is 0 Å². The van der Waals surface area contributed by atoms with Gasteiger partial charge in [-0.3, -0.25) is 0 Å². The molecule has 0 saturated heterocycles. The largest absolute Gasteiger partial charge is 0.369 e. The van der Waals surface area contributed by atoms with E-state index in [-0.39, 0.29) is 0 Å². The molecule has 0 aliphatic rings. The van der Waals surface area contributed by atoms with Crippen LogP contribution in [0, 0.1) is 12.3 Å². The lowest BCUT2D eigenvalue weighted by molar-refractivity contribution is 0.389. The molecule has 0 aliphatic heterocycles. The fraction of sp³-hybridized carbons (Fsp3) is 0.538. The van der Waals surface area contributed by atoms with Crippen LogP contribution in [0.15, 0.2) is 11.7 Å². The minimum absolute atomic E-state index is 0.352. The summed E-state index contributed by atoms with van der Waals surface area (Å²) < 4.78 is 1.17. The minimum Gasteiger partial charge on any atom is -0.369 e. The van der Waals surface area contributed by atoms with E-state index in [1.807, 2.05) is 0 Å². The zero-order chi connectivity index (χ0) is 12.5. The maximum atomic E-state index is 4.33. The summed E-state index contributed by atoms with van der Waals surface area (Å²) in [5, 5.41) is 5.55. The molecule has 17 heavy (non-hydrogen) atoms. The highest BCUT2D eigenvalue weighted by atomic mass is 32.1. The normalized spacial score (nSPS) is 12.0. The average Bonchev–Trinajstić information content (AvgIpc) is 2.60.